The number of rotatable bonds is 5. The first-order chi connectivity index (χ1) is 13.0. The molecule has 0 saturated carbocycles. The first kappa shape index (κ1) is 21.0. The molecule has 1 saturated heterocycles. The molecule has 1 aromatic carbocycles. The van der Waals surface area contributed by atoms with Crippen molar-refractivity contribution in [3.63, 3.8) is 0 Å². The number of anilines is 1. The number of thiazole rings is 1. The lowest BCUT2D eigenvalue weighted by atomic mass is 10.3. The third-order valence-electron chi connectivity index (χ3n) is 4.60. The summed E-state index contributed by atoms with van der Waals surface area (Å²) in [5, 5.41) is 0.714. The third kappa shape index (κ3) is 4.45. The highest BCUT2D eigenvalue weighted by Gasteiger charge is 2.26. The lowest BCUT2D eigenvalue weighted by molar-refractivity contribution is -0.131. The Morgan fingerprint density at radius 1 is 1.14 bits per heavy atom. The molecule has 0 N–H and O–H groups in total. The molecule has 2 heterocycles. The van der Waals surface area contributed by atoms with Crippen LogP contribution in [0.5, 0.6) is 0 Å². The Morgan fingerprint density at radius 2 is 1.79 bits per heavy atom. The van der Waals surface area contributed by atoms with Crippen LogP contribution < -0.4 is 4.90 Å². The minimum Gasteiger partial charge on any atom is -0.345 e. The van der Waals surface area contributed by atoms with E-state index in [0.717, 1.165) is 15.3 Å². The minimum atomic E-state index is -3.40. The Morgan fingerprint density at radius 3 is 2.36 bits per heavy atom. The summed E-state index contributed by atoms with van der Waals surface area (Å²) in [6.07, 6.45) is 2.23. The topological polar surface area (TPSA) is 108 Å². The molecule has 1 aliphatic rings. The van der Waals surface area contributed by atoms with Crippen molar-refractivity contribution in [2.24, 2.45) is 0 Å². The summed E-state index contributed by atoms with van der Waals surface area (Å²) in [5.41, 5.74) is 0.471. The van der Waals surface area contributed by atoms with Gasteiger partial charge in [0.25, 0.3) is 0 Å². The molecule has 1 amide bonds. The minimum absolute atomic E-state index is 0.183. The number of sulfonamides is 1. The summed E-state index contributed by atoms with van der Waals surface area (Å²) >= 11 is 1.42. The molecular formula is C16H22N4O5S3. The van der Waals surface area contributed by atoms with Gasteiger partial charge in [-0.05, 0) is 12.1 Å². The Bertz CT molecular complexity index is 1100. The van der Waals surface area contributed by atoms with E-state index < -0.39 is 19.9 Å². The van der Waals surface area contributed by atoms with Crippen molar-refractivity contribution < 1.29 is 21.6 Å². The molecule has 1 aliphatic heterocycles. The summed E-state index contributed by atoms with van der Waals surface area (Å²) in [6.45, 7) is 1.80. The number of nitrogens with zero attached hydrogens (tertiary/aromatic N) is 4. The zero-order chi connectivity index (χ0) is 20.7. The maximum absolute atomic E-state index is 12.3. The van der Waals surface area contributed by atoms with Crippen LogP contribution in [0.15, 0.2) is 23.1 Å². The van der Waals surface area contributed by atoms with E-state index in [1.165, 1.54) is 24.6 Å². The lowest BCUT2D eigenvalue weighted by Crippen LogP contribution is -2.51. The van der Waals surface area contributed by atoms with Crippen LogP contribution in [0.1, 0.15) is 0 Å². The second kappa shape index (κ2) is 7.58. The second-order valence-corrected chi connectivity index (χ2v) is 11.8. The summed E-state index contributed by atoms with van der Waals surface area (Å²) in [4.78, 5) is 20.7. The fraction of sp³-hybridized carbons (Fsp3) is 0.500. The first-order valence-corrected chi connectivity index (χ1v) is 13.1. The highest BCUT2D eigenvalue weighted by molar-refractivity contribution is 7.91. The number of hydrogen-bond acceptors (Lipinski definition) is 8. The molecule has 12 heteroatoms. The van der Waals surface area contributed by atoms with Crippen molar-refractivity contribution in [3.05, 3.63) is 18.2 Å². The summed E-state index contributed by atoms with van der Waals surface area (Å²) in [5.74, 6) is -0.240. The molecule has 0 radical (unpaired) electrons. The Kier molecular flexibility index (Phi) is 5.67. The number of piperazine rings is 1. The van der Waals surface area contributed by atoms with E-state index in [1.807, 2.05) is 11.0 Å². The van der Waals surface area contributed by atoms with Crippen LogP contribution in [0.4, 0.5) is 5.13 Å². The average molecular weight is 447 g/mol. The van der Waals surface area contributed by atoms with Gasteiger partial charge in [-0.3, -0.25) is 4.79 Å². The van der Waals surface area contributed by atoms with Crippen molar-refractivity contribution >= 4 is 52.5 Å². The van der Waals surface area contributed by atoms with E-state index in [2.05, 4.69) is 4.98 Å². The van der Waals surface area contributed by atoms with Crippen LogP contribution in [-0.4, -0.2) is 89.2 Å². The van der Waals surface area contributed by atoms with Gasteiger partial charge in [0, 0.05) is 39.5 Å². The molecule has 0 bridgehead atoms. The molecule has 154 valence electrons. The van der Waals surface area contributed by atoms with Crippen LogP contribution in [-0.2, 0) is 24.7 Å². The van der Waals surface area contributed by atoms with E-state index in [4.69, 9.17) is 0 Å². The number of aromatic nitrogens is 1. The lowest BCUT2D eigenvalue weighted by Gasteiger charge is -2.35. The molecule has 2 aromatic rings. The summed E-state index contributed by atoms with van der Waals surface area (Å²) in [7, 11) is -5.40. The van der Waals surface area contributed by atoms with Gasteiger partial charge in [-0.25, -0.2) is 21.8 Å². The molecule has 0 spiro atoms. The zero-order valence-electron chi connectivity index (χ0n) is 15.8. The van der Waals surface area contributed by atoms with E-state index in [1.54, 1.807) is 17.0 Å². The number of benzene rings is 1. The van der Waals surface area contributed by atoms with Crippen molar-refractivity contribution in [3.8, 4) is 0 Å². The average Bonchev–Trinajstić information content (AvgIpc) is 3.04. The Labute approximate surface area is 168 Å². The SMILES string of the molecule is CN(CC(=O)N1CCN(c2nc3c(S(C)(=O)=O)cccc3s2)CC1)S(C)(=O)=O. The fourth-order valence-corrected chi connectivity index (χ4v) is 5.19. The van der Waals surface area contributed by atoms with Crippen LogP contribution >= 0.6 is 11.3 Å². The Balaban J connectivity index is 1.71. The quantitative estimate of drug-likeness (QED) is 0.647. The van der Waals surface area contributed by atoms with Gasteiger partial charge >= 0.3 is 0 Å². The Hall–Kier alpha value is -1.76. The van der Waals surface area contributed by atoms with Crippen LogP contribution in [0.25, 0.3) is 10.2 Å². The molecule has 0 unspecified atom stereocenters. The van der Waals surface area contributed by atoms with Gasteiger partial charge in [0.15, 0.2) is 15.0 Å². The van der Waals surface area contributed by atoms with Crippen molar-refractivity contribution in [2.45, 2.75) is 4.90 Å². The molecule has 1 fully saturated rings. The van der Waals surface area contributed by atoms with Gasteiger partial charge in [0.1, 0.15) is 5.52 Å². The number of amides is 1. The maximum Gasteiger partial charge on any atom is 0.238 e. The number of fused-ring (bicyclic) bond motifs is 1. The van der Waals surface area contributed by atoms with Gasteiger partial charge in [0.2, 0.25) is 15.9 Å². The fourth-order valence-electron chi connectivity index (χ4n) is 2.90. The maximum atomic E-state index is 12.3. The van der Waals surface area contributed by atoms with E-state index in [9.17, 15) is 21.6 Å². The van der Waals surface area contributed by atoms with Gasteiger partial charge in [-0.2, -0.15) is 4.31 Å². The molecule has 9 nitrogen and oxygen atoms in total. The number of likely N-dealkylation sites (N-methyl/N-ethyl adjacent to an activating group) is 1. The standard InChI is InChI=1S/C16H22N4O5S3/c1-18(28(3,24)25)11-14(21)19-7-9-20(10-8-19)16-17-15-12(26-16)5-4-6-13(15)27(2,22)23/h4-6H,7-11H2,1-3H3. The van der Waals surface area contributed by atoms with Gasteiger partial charge < -0.3 is 9.80 Å². The van der Waals surface area contributed by atoms with Gasteiger partial charge in [-0.1, -0.05) is 17.4 Å². The van der Waals surface area contributed by atoms with E-state index in [-0.39, 0.29) is 17.3 Å². The molecule has 28 heavy (non-hydrogen) atoms. The summed E-state index contributed by atoms with van der Waals surface area (Å²) in [6, 6.07) is 5.09. The number of hydrogen-bond donors (Lipinski definition) is 0. The molecule has 3 rings (SSSR count). The van der Waals surface area contributed by atoms with Crippen LogP contribution in [0.2, 0.25) is 0 Å². The predicted molar refractivity (Wildman–Crippen MR) is 109 cm³/mol. The number of sulfone groups is 1. The van der Waals surface area contributed by atoms with E-state index >= 15 is 0 Å². The molecule has 0 atom stereocenters. The zero-order valence-corrected chi connectivity index (χ0v) is 18.3. The number of carbonyl (C=O) groups is 1. The first-order valence-electron chi connectivity index (χ1n) is 8.50. The summed E-state index contributed by atoms with van der Waals surface area (Å²) < 4.78 is 48.7. The normalized spacial score (nSPS) is 16.1. The van der Waals surface area contributed by atoms with Gasteiger partial charge in [-0.15, -0.1) is 0 Å². The highest BCUT2D eigenvalue weighted by Crippen LogP contribution is 2.32. The third-order valence-corrected chi connectivity index (χ3v) is 8.07. The smallest absolute Gasteiger partial charge is 0.238 e. The predicted octanol–water partition coefficient (Wildman–Crippen LogP) is 0.240. The van der Waals surface area contributed by atoms with Crippen molar-refractivity contribution in [2.75, 3.05) is 57.2 Å². The monoisotopic (exact) mass is 446 g/mol. The highest BCUT2D eigenvalue weighted by atomic mass is 32.2. The molecular weight excluding hydrogens is 424 g/mol. The van der Waals surface area contributed by atoms with Crippen molar-refractivity contribution in [1.29, 1.82) is 0 Å². The van der Waals surface area contributed by atoms with E-state index in [0.29, 0.717) is 36.8 Å². The molecule has 1 aromatic heterocycles. The van der Waals surface area contributed by atoms with Gasteiger partial charge in [0.05, 0.1) is 22.4 Å². The number of para-hydroxylation sites is 1. The van der Waals surface area contributed by atoms with Crippen molar-refractivity contribution in [1.82, 2.24) is 14.2 Å². The van der Waals surface area contributed by atoms with Crippen LogP contribution in [0, 0.1) is 0 Å². The second-order valence-electron chi connectivity index (χ2n) is 6.76. The van der Waals surface area contributed by atoms with Crippen LogP contribution in [0.3, 0.4) is 0 Å². The molecule has 0 aliphatic carbocycles. The number of carbonyl (C=O) groups excluding carboxylic acids is 1. The largest absolute Gasteiger partial charge is 0.345 e.